The molecule has 0 radical (unpaired) electrons. The van der Waals surface area contributed by atoms with E-state index in [0.29, 0.717) is 16.4 Å². The number of nitrogens with zero attached hydrogens (tertiary/aromatic N) is 1. The predicted octanol–water partition coefficient (Wildman–Crippen LogP) is 2.05. The van der Waals surface area contributed by atoms with Crippen LogP contribution in [0.1, 0.15) is 0 Å². The number of nitrogens with one attached hydrogen (secondary N) is 2. The maximum Gasteiger partial charge on any atom is 0.394 e. The van der Waals surface area contributed by atoms with Crippen LogP contribution >= 0.6 is 23.2 Å². The molecule has 8 nitrogen and oxygen atoms in total. The van der Waals surface area contributed by atoms with E-state index in [2.05, 4.69) is 15.8 Å². The van der Waals surface area contributed by atoms with Crippen LogP contribution < -0.4 is 10.9 Å². The minimum atomic E-state index is -4.67. The van der Waals surface area contributed by atoms with Crippen LogP contribution in [0.15, 0.2) is 58.4 Å². The first-order valence-corrected chi connectivity index (χ1v) is 7.94. The Bertz CT molecular complexity index is 758. The summed E-state index contributed by atoms with van der Waals surface area (Å²) in [7, 11) is -4.67. The number of halogens is 2. The van der Waals surface area contributed by atoms with Gasteiger partial charge in [-0.1, -0.05) is 29.3 Å². The first-order chi connectivity index (χ1) is 10.7. The van der Waals surface area contributed by atoms with Crippen molar-refractivity contribution in [1.29, 1.82) is 0 Å². The van der Waals surface area contributed by atoms with Crippen molar-refractivity contribution in [3.8, 4) is 0 Å². The molecular formula is C12H11Cl2FeN3O5S. The molecule has 12 heteroatoms. The van der Waals surface area contributed by atoms with E-state index in [4.69, 9.17) is 40.7 Å². The minimum Gasteiger partial charge on any atom is -0.306 e. The Morgan fingerprint density at radius 1 is 1.17 bits per heavy atom. The van der Waals surface area contributed by atoms with Gasteiger partial charge in [0.2, 0.25) is 5.78 Å². The number of Topliss-reactive ketones (excluding diaryl/α,β-unsaturated/α-hetero) is 1. The molecule has 0 aromatic carbocycles. The van der Waals surface area contributed by atoms with Gasteiger partial charge in [-0.2, -0.15) is 8.42 Å². The maximum atomic E-state index is 11.7. The summed E-state index contributed by atoms with van der Waals surface area (Å²) in [5, 5.41) is 0.499. The molecule has 1 heterocycles. The van der Waals surface area contributed by atoms with Gasteiger partial charge in [0.25, 0.3) is 0 Å². The van der Waals surface area contributed by atoms with Crippen molar-refractivity contribution in [3.63, 3.8) is 0 Å². The van der Waals surface area contributed by atoms with Crippen LogP contribution in [0, 0.1) is 0 Å². The molecule has 0 saturated heterocycles. The summed E-state index contributed by atoms with van der Waals surface area (Å²) in [6.45, 7) is 0. The Balaban J connectivity index is 0.000000777. The van der Waals surface area contributed by atoms with E-state index in [1.165, 1.54) is 18.4 Å². The van der Waals surface area contributed by atoms with Crippen molar-refractivity contribution in [2.45, 2.75) is 0 Å². The first-order valence-electron chi connectivity index (χ1n) is 5.78. The number of hydrogen-bond donors (Lipinski definition) is 4. The van der Waals surface area contributed by atoms with E-state index in [9.17, 15) is 4.79 Å². The van der Waals surface area contributed by atoms with Crippen LogP contribution in [0.2, 0.25) is 0 Å². The maximum absolute atomic E-state index is 11.7. The number of hydrogen-bond acceptors (Lipinski definition) is 6. The number of hydrazine groups is 1. The Hall–Kier alpha value is -1.39. The number of anilines is 1. The van der Waals surface area contributed by atoms with Crippen molar-refractivity contribution in [1.82, 2.24) is 10.4 Å². The standard InChI is InChI=1S/C12H9Cl2N3O.Fe.H2O4S/c13-9-5-8(12(18)10(14)6-9)7-16-17-11-3-1-2-4-15-11;;1-5(2,3)4/h1-7,16H,(H,15,17);;(H2,1,2,3,4)/b8-7-;;. The van der Waals surface area contributed by atoms with Crippen LogP contribution in [-0.2, 0) is 32.3 Å². The number of pyridine rings is 1. The monoisotopic (exact) mass is 435 g/mol. The molecule has 0 bridgehead atoms. The second kappa shape index (κ2) is 10.5. The number of ketones is 1. The molecule has 0 aliphatic heterocycles. The van der Waals surface area contributed by atoms with Gasteiger partial charge in [-0.05, 0) is 24.3 Å². The Kier molecular flexibility index (Phi) is 9.86. The van der Waals surface area contributed by atoms with E-state index in [1.807, 2.05) is 6.07 Å². The molecule has 0 unspecified atom stereocenters. The average Bonchev–Trinajstić information content (AvgIpc) is 2.43. The minimum absolute atomic E-state index is 0. The number of rotatable bonds is 3. The van der Waals surface area contributed by atoms with Gasteiger partial charge in [0, 0.05) is 40.1 Å². The molecule has 0 amide bonds. The largest absolute Gasteiger partial charge is 0.394 e. The van der Waals surface area contributed by atoms with Gasteiger partial charge in [0.05, 0.1) is 5.03 Å². The van der Waals surface area contributed by atoms with Gasteiger partial charge in [-0.15, -0.1) is 0 Å². The summed E-state index contributed by atoms with van der Waals surface area (Å²) in [6, 6.07) is 5.43. The number of allylic oxidation sites excluding steroid dienone is 5. The van der Waals surface area contributed by atoms with Crippen molar-refractivity contribution in [3.05, 3.63) is 58.4 Å². The normalized spacial score (nSPS) is 15.3. The zero-order chi connectivity index (χ0) is 17.5. The Labute approximate surface area is 158 Å². The van der Waals surface area contributed by atoms with E-state index < -0.39 is 10.4 Å². The second-order valence-corrected chi connectivity index (χ2v) is 5.62. The Morgan fingerprint density at radius 3 is 2.33 bits per heavy atom. The van der Waals surface area contributed by atoms with Gasteiger partial charge in [-0.3, -0.25) is 19.3 Å². The van der Waals surface area contributed by atoms with Crippen LogP contribution in [0.3, 0.4) is 0 Å². The molecule has 0 fully saturated rings. The van der Waals surface area contributed by atoms with Crippen molar-refractivity contribution < 1.29 is 39.4 Å². The van der Waals surface area contributed by atoms with Crippen LogP contribution in [0.4, 0.5) is 5.82 Å². The fraction of sp³-hybridized carbons (Fsp3) is 0. The second-order valence-electron chi connectivity index (χ2n) is 3.88. The van der Waals surface area contributed by atoms with Gasteiger partial charge in [-0.25, -0.2) is 4.98 Å². The quantitative estimate of drug-likeness (QED) is 0.246. The van der Waals surface area contributed by atoms with Gasteiger partial charge >= 0.3 is 10.4 Å². The average molecular weight is 436 g/mol. The topological polar surface area (TPSA) is 129 Å². The molecule has 2 rings (SSSR count). The molecule has 132 valence electrons. The van der Waals surface area contributed by atoms with Crippen LogP contribution in [0.5, 0.6) is 0 Å². The third-order valence-electron chi connectivity index (χ3n) is 2.13. The summed E-state index contributed by atoms with van der Waals surface area (Å²) in [6.07, 6.45) is 6.08. The molecule has 1 aromatic heterocycles. The smallest absolute Gasteiger partial charge is 0.306 e. The number of carbonyl (C=O) groups is 1. The zero-order valence-electron chi connectivity index (χ0n) is 11.6. The van der Waals surface area contributed by atoms with Gasteiger partial charge in [0.1, 0.15) is 5.82 Å². The predicted molar refractivity (Wildman–Crippen MR) is 86.1 cm³/mol. The molecule has 1 aliphatic rings. The molecule has 4 N–H and O–H groups in total. The van der Waals surface area contributed by atoms with Crippen LogP contribution in [-0.4, -0.2) is 28.3 Å². The van der Waals surface area contributed by atoms with Crippen LogP contribution in [0.25, 0.3) is 0 Å². The summed E-state index contributed by atoms with van der Waals surface area (Å²) in [5.74, 6) is 0.353. The molecular weight excluding hydrogens is 425 g/mol. The summed E-state index contributed by atoms with van der Waals surface area (Å²) < 4.78 is 31.6. The summed E-state index contributed by atoms with van der Waals surface area (Å²) >= 11 is 11.6. The number of carbonyl (C=O) groups excluding carboxylic acids is 1. The zero-order valence-corrected chi connectivity index (χ0v) is 15.1. The third-order valence-corrected chi connectivity index (χ3v) is 2.63. The van der Waals surface area contributed by atoms with E-state index in [1.54, 1.807) is 18.3 Å². The molecule has 0 spiro atoms. The van der Waals surface area contributed by atoms with Crippen molar-refractivity contribution in [2.75, 3.05) is 5.43 Å². The molecule has 0 atom stereocenters. The molecule has 1 aromatic rings. The van der Waals surface area contributed by atoms with Gasteiger partial charge < -0.3 is 5.43 Å². The third kappa shape index (κ3) is 9.68. The fourth-order valence-electron chi connectivity index (χ4n) is 1.31. The molecule has 1 aliphatic carbocycles. The van der Waals surface area contributed by atoms with E-state index in [0.717, 1.165) is 0 Å². The van der Waals surface area contributed by atoms with Gasteiger partial charge in [0.15, 0.2) is 0 Å². The van der Waals surface area contributed by atoms with E-state index in [-0.39, 0.29) is 27.9 Å². The molecule has 0 saturated carbocycles. The van der Waals surface area contributed by atoms with E-state index >= 15 is 0 Å². The number of aromatic nitrogens is 1. The summed E-state index contributed by atoms with van der Waals surface area (Å²) in [5.41, 5.74) is 5.95. The summed E-state index contributed by atoms with van der Waals surface area (Å²) in [4.78, 5) is 15.7. The SMILES string of the molecule is O=C1C(Cl)=CC(Cl)=C/C1=C/NNc1ccccn1.O=S(=O)(O)O.[Fe]. The fourth-order valence-corrected chi connectivity index (χ4v) is 1.82. The Morgan fingerprint density at radius 2 is 1.79 bits per heavy atom. The van der Waals surface area contributed by atoms with Crippen molar-refractivity contribution in [2.24, 2.45) is 0 Å². The molecule has 24 heavy (non-hydrogen) atoms. The van der Waals surface area contributed by atoms with Crippen molar-refractivity contribution >= 4 is 45.2 Å². The first kappa shape index (κ1) is 22.6.